The van der Waals surface area contributed by atoms with Gasteiger partial charge in [0.05, 0.1) is 0 Å². The Morgan fingerprint density at radius 1 is 1.27 bits per heavy atom. The second kappa shape index (κ2) is 5.12. The van der Waals surface area contributed by atoms with Crippen LogP contribution in [0.3, 0.4) is 0 Å². The summed E-state index contributed by atoms with van der Waals surface area (Å²) in [5.41, 5.74) is 1.49. The van der Waals surface area contributed by atoms with Gasteiger partial charge in [0.25, 0.3) is 0 Å². The number of nitrogens with zero attached hydrogens (tertiary/aromatic N) is 1. The van der Waals surface area contributed by atoms with Gasteiger partial charge < -0.3 is 10.6 Å². The number of pyridine rings is 1. The van der Waals surface area contributed by atoms with Gasteiger partial charge in [0.15, 0.2) is 0 Å². The molecule has 0 spiro atoms. The second-order valence-electron chi connectivity index (χ2n) is 4.71. The van der Waals surface area contributed by atoms with Crippen LogP contribution in [0.2, 0.25) is 0 Å². The SMILES string of the molecule is CNCCNc1cc(C(C)(C)C)ccn1. The predicted octanol–water partition coefficient (Wildman–Crippen LogP) is 2.01. The zero-order valence-electron chi connectivity index (χ0n) is 10.1. The maximum atomic E-state index is 4.29. The van der Waals surface area contributed by atoms with Gasteiger partial charge in [-0.3, -0.25) is 0 Å². The summed E-state index contributed by atoms with van der Waals surface area (Å²) in [6.45, 7) is 8.47. The Bertz CT molecular complexity index is 302. The standard InChI is InChI=1S/C12H21N3/c1-12(2,3)10-5-6-14-11(9-10)15-8-7-13-4/h5-6,9,13H,7-8H2,1-4H3,(H,14,15). The molecule has 3 heteroatoms. The Labute approximate surface area is 92.3 Å². The number of aromatic nitrogens is 1. The molecule has 0 atom stereocenters. The molecule has 15 heavy (non-hydrogen) atoms. The van der Waals surface area contributed by atoms with Crippen molar-refractivity contribution in [3.05, 3.63) is 23.9 Å². The van der Waals surface area contributed by atoms with E-state index < -0.39 is 0 Å². The minimum Gasteiger partial charge on any atom is -0.369 e. The molecular formula is C12H21N3. The summed E-state index contributed by atoms with van der Waals surface area (Å²) in [5.74, 6) is 0.956. The van der Waals surface area contributed by atoms with Crippen molar-refractivity contribution in [2.75, 3.05) is 25.5 Å². The molecule has 0 aromatic carbocycles. The number of anilines is 1. The summed E-state index contributed by atoms with van der Waals surface area (Å²) < 4.78 is 0. The molecule has 0 aliphatic rings. The summed E-state index contributed by atoms with van der Waals surface area (Å²) in [6, 6.07) is 4.19. The van der Waals surface area contributed by atoms with Gasteiger partial charge in [0.1, 0.15) is 5.82 Å². The molecule has 84 valence electrons. The van der Waals surface area contributed by atoms with Crippen molar-refractivity contribution >= 4 is 5.82 Å². The number of hydrogen-bond acceptors (Lipinski definition) is 3. The highest BCUT2D eigenvalue weighted by Crippen LogP contribution is 2.23. The Morgan fingerprint density at radius 2 is 2.00 bits per heavy atom. The summed E-state index contributed by atoms with van der Waals surface area (Å²) in [6.07, 6.45) is 1.86. The third-order valence-corrected chi connectivity index (χ3v) is 2.31. The van der Waals surface area contributed by atoms with E-state index in [4.69, 9.17) is 0 Å². The molecule has 0 aliphatic heterocycles. The fourth-order valence-corrected chi connectivity index (χ4v) is 1.31. The zero-order valence-corrected chi connectivity index (χ0v) is 10.1. The first-order valence-electron chi connectivity index (χ1n) is 5.39. The van der Waals surface area contributed by atoms with Crippen molar-refractivity contribution in [2.45, 2.75) is 26.2 Å². The average Bonchev–Trinajstić information content (AvgIpc) is 2.17. The maximum absolute atomic E-state index is 4.29. The summed E-state index contributed by atoms with van der Waals surface area (Å²) in [7, 11) is 1.95. The fraction of sp³-hybridized carbons (Fsp3) is 0.583. The lowest BCUT2D eigenvalue weighted by Crippen LogP contribution is -2.19. The van der Waals surface area contributed by atoms with Crippen LogP contribution in [0.1, 0.15) is 26.3 Å². The molecular weight excluding hydrogens is 186 g/mol. The van der Waals surface area contributed by atoms with Gasteiger partial charge in [0, 0.05) is 19.3 Å². The van der Waals surface area contributed by atoms with E-state index in [2.05, 4.69) is 48.5 Å². The third-order valence-electron chi connectivity index (χ3n) is 2.31. The molecule has 0 radical (unpaired) electrons. The Morgan fingerprint density at radius 3 is 2.60 bits per heavy atom. The van der Waals surface area contributed by atoms with E-state index in [1.165, 1.54) is 5.56 Å². The van der Waals surface area contributed by atoms with E-state index in [1.807, 2.05) is 13.2 Å². The minimum atomic E-state index is 0.183. The number of nitrogens with one attached hydrogen (secondary N) is 2. The predicted molar refractivity (Wildman–Crippen MR) is 65.4 cm³/mol. The van der Waals surface area contributed by atoms with E-state index in [0.29, 0.717) is 0 Å². The van der Waals surface area contributed by atoms with Crippen LogP contribution in [0.4, 0.5) is 5.82 Å². The van der Waals surface area contributed by atoms with E-state index in [9.17, 15) is 0 Å². The molecule has 0 saturated carbocycles. The van der Waals surface area contributed by atoms with Gasteiger partial charge in [0.2, 0.25) is 0 Å². The average molecular weight is 207 g/mol. The number of hydrogen-bond donors (Lipinski definition) is 2. The molecule has 0 fully saturated rings. The van der Waals surface area contributed by atoms with Gasteiger partial charge in [-0.15, -0.1) is 0 Å². The monoisotopic (exact) mass is 207 g/mol. The highest BCUT2D eigenvalue weighted by molar-refractivity contribution is 5.39. The smallest absolute Gasteiger partial charge is 0.126 e. The van der Waals surface area contributed by atoms with Crippen molar-refractivity contribution in [3.63, 3.8) is 0 Å². The Hall–Kier alpha value is -1.09. The summed E-state index contributed by atoms with van der Waals surface area (Å²) in [5, 5.41) is 6.38. The Kier molecular flexibility index (Phi) is 4.09. The van der Waals surface area contributed by atoms with Crippen LogP contribution in [0.15, 0.2) is 18.3 Å². The van der Waals surface area contributed by atoms with Crippen LogP contribution in [0, 0.1) is 0 Å². The van der Waals surface area contributed by atoms with Crippen molar-refractivity contribution in [1.29, 1.82) is 0 Å². The van der Waals surface area contributed by atoms with Crippen molar-refractivity contribution in [2.24, 2.45) is 0 Å². The van der Waals surface area contributed by atoms with Crippen LogP contribution in [-0.4, -0.2) is 25.1 Å². The first-order valence-corrected chi connectivity index (χ1v) is 5.39. The van der Waals surface area contributed by atoms with E-state index in [-0.39, 0.29) is 5.41 Å². The largest absolute Gasteiger partial charge is 0.369 e. The molecule has 1 aromatic rings. The van der Waals surface area contributed by atoms with Gasteiger partial charge in [-0.25, -0.2) is 4.98 Å². The lowest BCUT2D eigenvalue weighted by molar-refractivity contribution is 0.589. The van der Waals surface area contributed by atoms with E-state index in [0.717, 1.165) is 18.9 Å². The molecule has 0 saturated heterocycles. The maximum Gasteiger partial charge on any atom is 0.126 e. The number of likely N-dealkylation sites (N-methyl/N-ethyl adjacent to an activating group) is 1. The second-order valence-corrected chi connectivity index (χ2v) is 4.71. The minimum absolute atomic E-state index is 0.183. The lowest BCUT2D eigenvalue weighted by atomic mass is 9.88. The van der Waals surface area contributed by atoms with Crippen LogP contribution < -0.4 is 10.6 Å². The zero-order chi connectivity index (χ0) is 11.3. The van der Waals surface area contributed by atoms with Gasteiger partial charge in [-0.05, 0) is 30.2 Å². The van der Waals surface area contributed by atoms with Crippen molar-refractivity contribution < 1.29 is 0 Å². The first kappa shape index (κ1) is 12.0. The van der Waals surface area contributed by atoms with Crippen molar-refractivity contribution in [3.8, 4) is 0 Å². The topological polar surface area (TPSA) is 37.0 Å². The van der Waals surface area contributed by atoms with Gasteiger partial charge in [-0.1, -0.05) is 20.8 Å². The van der Waals surface area contributed by atoms with Crippen LogP contribution in [0.25, 0.3) is 0 Å². The first-order chi connectivity index (χ1) is 7.04. The third kappa shape index (κ3) is 3.88. The quantitative estimate of drug-likeness (QED) is 0.742. The number of rotatable bonds is 4. The Balaban J connectivity index is 2.66. The van der Waals surface area contributed by atoms with Gasteiger partial charge >= 0.3 is 0 Å². The normalized spacial score (nSPS) is 11.5. The van der Waals surface area contributed by atoms with Crippen LogP contribution in [-0.2, 0) is 5.41 Å². The van der Waals surface area contributed by atoms with Crippen molar-refractivity contribution in [1.82, 2.24) is 10.3 Å². The molecule has 0 amide bonds. The summed E-state index contributed by atoms with van der Waals surface area (Å²) in [4.78, 5) is 4.29. The molecule has 0 bridgehead atoms. The summed E-state index contributed by atoms with van der Waals surface area (Å²) >= 11 is 0. The molecule has 3 nitrogen and oxygen atoms in total. The lowest BCUT2D eigenvalue weighted by Gasteiger charge is -2.19. The van der Waals surface area contributed by atoms with Gasteiger partial charge in [-0.2, -0.15) is 0 Å². The van der Waals surface area contributed by atoms with Crippen LogP contribution in [0.5, 0.6) is 0 Å². The molecule has 2 N–H and O–H groups in total. The molecule has 0 aliphatic carbocycles. The van der Waals surface area contributed by atoms with E-state index in [1.54, 1.807) is 0 Å². The molecule has 1 rings (SSSR count). The molecule has 1 aromatic heterocycles. The molecule has 1 heterocycles. The highest BCUT2D eigenvalue weighted by Gasteiger charge is 2.13. The molecule has 0 unspecified atom stereocenters. The van der Waals surface area contributed by atoms with E-state index >= 15 is 0 Å². The van der Waals surface area contributed by atoms with Crippen LogP contribution >= 0.6 is 0 Å². The highest BCUT2D eigenvalue weighted by atomic mass is 15.0. The fourth-order valence-electron chi connectivity index (χ4n) is 1.31.